The zero-order valence-corrected chi connectivity index (χ0v) is 53.2. The molecule has 4 rings (SSSR count). The molecule has 4 aromatic carbocycles. The highest BCUT2D eigenvalue weighted by molar-refractivity contribution is 6.00. The van der Waals surface area contributed by atoms with E-state index in [0.29, 0.717) is 5.56 Å². The number of Topliss-reactive ketones (excluding diaryl/α,β-unsaturated/α-hetero) is 5. The topological polar surface area (TPSA) is 232 Å². The van der Waals surface area contributed by atoms with Crippen LogP contribution in [-0.4, -0.2) is 118 Å². The first-order chi connectivity index (χ1) is 40.5. The number of amides is 4. The van der Waals surface area contributed by atoms with Crippen molar-refractivity contribution in [2.75, 3.05) is 13.7 Å². The number of carbonyl (C=O) groups is 9. The second-order valence-corrected chi connectivity index (χ2v) is 25.0. The maximum absolute atomic E-state index is 14.7. The molecule has 0 radical (unpaired) electrons. The van der Waals surface area contributed by atoms with Gasteiger partial charge in [-0.2, -0.15) is 0 Å². The van der Waals surface area contributed by atoms with Crippen molar-refractivity contribution in [1.29, 1.82) is 0 Å². The smallest absolute Gasteiger partial charge is 0.226 e. The first-order valence-electron chi connectivity index (χ1n) is 30.6. The summed E-state index contributed by atoms with van der Waals surface area (Å²) >= 11 is 0. The van der Waals surface area contributed by atoms with Crippen LogP contribution in [0.5, 0.6) is 0 Å². The lowest BCUT2D eigenvalue weighted by atomic mass is 9.76. The second kappa shape index (κ2) is 33.8. The lowest BCUT2D eigenvalue weighted by Gasteiger charge is -2.37. The number of likely N-dealkylation sites (N-methyl/N-ethyl adjacent to an activating group) is 1. The van der Waals surface area contributed by atoms with Gasteiger partial charge in [-0.05, 0) is 96.4 Å². The third-order valence-corrected chi connectivity index (χ3v) is 15.4. The van der Waals surface area contributed by atoms with E-state index >= 15 is 0 Å². The predicted molar refractivity (Wildman–Crippen MR) is 334 cm³/mol. The summed E-state index contributed by atoms with van der Waals surface area (Å²) in [5.41, 5.74) is 1.08. The van der Waals surface area contributed by atoms with Gasteiger partial charge in [0.1, 0.15) is 17.7 Å². The summed E-state index contributed by atoms with van der Waals surface area (Å²) < 4.78 is 12.2. The van der Waals surface area contributed by atoms with Gasteiger partial charge in [-0.15, -0.1) is 0 Å². The van der Waals surface area contributed by atoms with Crippen molar-refractivity contribution in [3.05, 3.63) is 143 Å². The van der Waals surface area contributed by atoms with Gasteiger partial charge in [0, 0.05) is 57.1 Å². The third kappa shape index (κ3) is 22.1. The summed E-state index contributed by atoms with van der Waals surface area (Å²) in [6.45, 7) is 20.7. The van der Waals surface area contributed by atoms with Gasteiger partial charge in [0.2, 0.25) is 23.6 Å². The van der Waals surface area contributed by atoms with Crippen LogP contribution in [0.1, 0.15) is 186 Å². The lowest BCUT2D eigenvalue weighted by molar-refractivity contribution is -0.150. The van der Waals surface area contributed by atoms with Gasteiger partial charge in [0.25, 0.3) is 0 Å². The Labute approximate surface area is 510 Å². The molecule has 4 N–H and O–H groups in total. The van der Waals surface area contributed by atoms with Crippen molar-refractivity contribution in [2.45, 2.75) is 207 Å². The molecule has 468 valence electrons. The fourth-order valence-electron chi connectivity index (χ4n) is 10.5. The lowest BCUT2D eigenvalue weighted by Crippen LogP contribution is -2.53. The van der Waals surface area contributed by atoms with Crippen LogP contribution < -0.4 is 16.0 Å². The summed E-state index contributed by atoms with van der Waals surface area (Å²) in [6, 6.07) is 31.7. The summed E-state index contributed by atoms with van der Waals surface area (Å²) in [5.74, 6) is -7.77. The van der Waals surface area contributed by atoms with E-state index < -0.39 is 124 Å². The summed E-state index contributed by atoms with van der Waals surface area (Å²) in [7, 11) is 1.42. The number of rotatable bonds is 36. The van der Waals surface area contributed by atoms with E-state index in [0.717, 1.165) is 47.9 Å². The molecule has 0 aromatic heterocycles. The van der Waals surface area contributed by atoms with Crippen LogP contribution in [0.25, 0.3) is 0 Å². The van der Waals surface area contributed by atoms with Crippen molar-refractivity contribution in [3.8, 4) is 0 Å². The maximum atomic E-state index is 14.7. The molecule has 0 aliphatic heterocycles. The molecule has 16 nitrogen and oxygen atoms in total. The number of carbonyl (C=O) groups excluding carboxylic acids is 9. The van der Waals surface area contributed by atoms with Crippen LogP contribution in [-0.2, 0) is 59.8 Å². The summed E-state index contributed by atoms with van der Waals surface area (Å²) in [6.07, 6.45) is 0.901. The number of unbranched alkanes of at least 4 members (excludes halogenated alkanes) is 3. The van der Waals surface area contributed by atoms with E-state index in [1.54, 1.807) is 46.8 Å². The number of aliphatic hydroxyl groups excluding tert-OH is 1. The Kier molecular flexibility index (Phi) is 28.1. The van der Waals surface area contributed by atoms with E-state index in [4.69, 9.17) is 9.47 Å². The fourth-order valence-corrected chi connectivity index (χ4v) is 10.5. The molecule has 4 amide bonds. The average Bonchev–Trinajstić information content (AvgIpc) is 0.830. The monoisotopic (exact) mass is 1180 g/mol. The molecule has 3 unspecified atom stereocenters. The number of nitrogens with one attached hydrogen (secondary N) is 3. The first-order valence-corrected chi connectivity index (χ1v) is 30.6. The molecular formula is C70H96N4O12. The van der Waals surface area contributed by atoms with Gasteiger partial charge in [0.05, 0.1) is 48.3 Å². The molecule has 0 aliphatic carbocycles. The number of hydrogen-bond donors (Lipinski definition) is 4. The zero-order valence-electron chi connectivity index (χ0n) is 53.2. The van der Waals surface area contributed by atoms with Gasteiger partial charge in [-0.3, -0.25) is 43.2 Å². The SMILES string of the molecule is CCCCCCc1ccc(C(=O)C[C@H](COC(C)(C)C)C(=O)N[C@H](C)C(=O)CCC(=O)N(C)[C@H](C(=O)C[C@@H](C)C(=O)N[C@@H](CC(=O)NC(c2ccccc2)(c2ccccc2)c2ccccc2)C(=O)CC(C)C(O)C(=O)CC)C(C)OC(C)(C)C)cc1. The Morgan fingerprint density at radius 3 is 1.63 bits per heavy atom. The largest absolute Gasteiger partial charge is 0.385 e. The van der Waals surface area contributed by atoms with Crippen LogP contribution in [0, 0.1) is 17.8 Å². The van der Waals surface area contributed by atoms with Gasteiger partial charge in [0.15, 0.2) is 28.9 Å². The number of ether oxygens (including phenoxy) is 2. The van der Waals surface area contributed by atoms with E-state index in [9.17, 15) is 48.3 Å². The third-order valence-electron chi connectivity index (χ3n) is 15.4. The van der Waals surface area contributed by atoms with Crippen LogP contribution in [0.2, 0.25) is 0 Å². The van der Waals surface area contributed by atoms with E-state index in [2.05, 4.69) is 22.9 Å². The molecule has 0 heterocycles. The van der Waals surface area contributed by atoms with Crippen molar-refractivity contribution < 1.29 is 57.7 Å². The quantitative estimate of drug-likeness (QED) is 0.0189. The number of aliphatic hydroxyl groups is 1. The second-order valence-electron chi connectivity index (χ2n) is 25.0. The average molecular weight is 1190 g/mol. The van der Waals surface area contributed by atoms with E-state index in [1.807, 2.05) is 124 Å². The predicted octanol–water partition coefficient (Wildman–Crippen LogP) is 10.2. The van der Waals surface area contributed by atoms with Gasteiger partial charge < -0.3 is 35.4 Å². The number of benzene rings is 4. The normalized spacial score (nSPS) is 14.7. The Morgan fingerprint density at radius 1 is 0.581 bits per heavy atom. The Hall–Kier alpha value is -7.01. The van der Waals surface area contributed by atoms with Gasteiger partial charge in [-0.1, -0.05) is 162 Å². The molecule has 8 atom stereocenters. The Morgan fingerprint density at radius 2 is 1.13 bits per heavy atom. The van der Waals surface area contributed by atoms with Crippen molar-refractivity contribution in [2.24, 2.45) is 17.8 Å². The van der Waals surface area contributed by atoms with E-state index in [-0.39, 0.29) is 44.5 Å². The van der Waals surface area contributed by atoms with Crippen molar-refractivity contribution >= 4 is 52.5 Å². The standard InChI is InChI=1S/C70H96N4O12/c1-14-16-17-21-28-50-35-37-51(38-36-50)59(77)43-52(45-85-68(7,8)9)67(84)71-48(5)58(76)39-40-63(81)74(13)64(49(6)86-69(10,11)12)61(79)42-47(4)66(83)72-56(60(78)41-46(3)65(82)57(75)15-2)44-62(80)73-70(53-29-22-18-23-30-53,54-31-24-19-25-32-54)55-33-26-20-27-34-55/h18-20,22-27,29-38,46-49,52,56,64-65,82H,14-17,21,28,39-45H2,1-13H3,(H,71,84)(H,72,83)(H,73,80)/t46?,47-,48-,49?,52-,56+,64+,65?/m1/s1. The number of nitrogens with zero attached hydrogens (tertiary/aromatic N) is 1. The fraction of sp³-hybridized carbons (Fsp3) is 0.529. The van der Waals surface area contributed by atoms with Crippen molar-refractivity contribution in [3.63, 3.8) is 0 Å². The number of aryl methyl sites for hydroxylation is 1. The molecule has 0 saturated heterocycles. The molecule has 0 spiro atoms. The summed E-state index contributed by atoms with van der Waals surface area (Å²) in [4.78, 5) is 127. The molecule has 0 saturated carbocycles. The zero-order chi connectivity index (χ0) is 63.9. The Bertz CT molecular complexity index is 2770. The van der Waals surface area contributed by atoms with Crippen LogP contribution in [0.3, 0.4) is 0 Å². The number of ketones is 5. The molecule has 16 heteroatoms. The Balaban J connectivity index is 1.52. The summed E-state index contributed by atoms with van der Waals surface area (Å²) in [5, 5.41) is 19.5. The van der Waals surface area contributed by atoms with Crippen LogP contribution in [0.15, 0.2) is 115 Å². The van der Waals surface area contributed by atoms with Gasteiger partial charge >= 0.3 is 0 Å². The molecule has 0 aliphatic rings. The molecule has 0 fully saturated rings. The van der Waals surface area contributed by atoms with Crippen molar-refractivity contribution in [1.82, 2.24) is 20.9 Å². The van der Waals surface area contributed by atoms with Gasteiger partial charge in [-0.25, -0.2) is 0 Å². The highest BCUT2D eigenvalue weighted by Crippen LogP contribution is 2.37. The molecule has 86 heavy (non-hydrogen) atoms. The molecule has 0 bridgehead atoms. The minimum Gasteiger partial charge on any atom is -0.385 e. The van der Waals surface area contributed by atoms with Crippen LogP contribution >= 0.6 is 0 Å². The first kappa shape index (κ1) is 71.5. The van der Waals surface area contributed by atoms with E-state index in [1.165, 1.54) is 39.1 Å². The highest BCUT2D eigenvalue weighted by Gasteiger charge is 2.41. The highest BCUT2D eigenvalue weighted by atomic mass is 16.5. The maximum Gasteiger partial charge on any atom is 0.226 e. The minimum atomic E-state index is -1.47. The molecular weight excluding hydrogens is 1090 g/mol. The minimum absolute atomic E-state index is 0.0303. The molecule has 4 aromatic rings. The van der Waals surface area contributed by atoms with Crippen LogP contribution in [0.4, 0.5) is 0 Å². The number of hydrogen-bond acceptors (Lipinski definition) is 12.